The average molecular weight is 301 g/mol. The van der Waals surface area contributed by atoms with Crippen LogP contribution < -0.4 is 21.7 Å². The first-order valence-electron chi connectivity index (χ1n) is 4.93. The van der Waals surface area contributed by atoms with Crippen molar-refractivity contribution in [3.05, 3.63) is 72.6 Å². The average Bonchev–Trinajstić information content (AvgIpc) is 2.30. The third kappa shape index (κ3) is 5.48. The van der Waals surface area contributed by atoms with Crippen molar-refractivity contribution in [1.82, 2.24) is 0 Å². The van der Waals surface area contributed by atoms with Gasteiger partial charge in [0.25, 0.3) is 0 Å². The summed E-state index contributed by atoms with van der Waals surface area (Å²) in [5.74, 6) is 0.881. The van der Waals surface area contributed by atoms with E-state index in [4.69, 9.17) is 4.74 Å². The van der Waals surface area contributed by atoms with Crippen LogP contribution in [0.3, 0.4) is 0 Å². The number of rotatable bonds is 3. The van der Waals surface area contributed by atoms with E-state index in [2.05, 4.69) is 19.1 Å². The molecule has 0 heterocycles. The molecule has 0 aliphatic carbocycles. The normalized spacial score (nSPS) is 8.71. The molecule has 2 aromatic carbocycles. The van der Waals surface area contributed by atoms with Gasteiger partial charge in [-0.25, -0.2) is 0 Å². The van der Waals surface area contributed by atoms with Crippen LogP contribution >= 0.6 is 0 Å². The van der Waals surface area contributed by atoms with Crippen molar-refractivity contribution >= 4 is 23.1 Å². The van der Waals surface area contributed by atoms with Gasteiger partial charge in [0.15, 0.2) is 0 Å². The van der Waals surface area contributed by atoms with Crippen LogP contribution in [0.2, 0.25) is 0 Å². The van der Waals surface area contributed by atoms with Crippen molar-refractivity contribution in [1.29, 1.82) is 0 Å². The topological polar surface area (TPSA) is 9.23 Å². The van der Waals surface area contributed by atoms with Gasteiger partial charge in [0, 0.05) is 0 Å². The van der Waals surface area contributed by atoms with Crippen molar-refractivity contribution < 1.29 is 21.7 Å². The van der Waals surface area contributed by atoms with Gasteiger partial charge in [0.2, 0.25) is 0 Å². The van der Waals surface area contributed by atoms with Crippen LogP contribution in [0.4, 0.5) is 0 Å². The molecule has 0 unspecified atom stereocenters. The third-order valence-electron chi connectivity index (χ3n) is 2.17. The molecule has 3 heteroatoms. The Labute approximate surface area is 129 Å². The van der Waals surface area contributed by atoms with Crippen LogP contribution in [0, 0.1) is 6.92 Å². The maximum absolute atomic E-state index is 5.62. The second-order valence-electron chi connectivity index (χ2n) is 3.42. The fourth-order valence-electron chi connectivity index (χ4n) is 1.33. The molecule has 0 radical (unpaired) electrons. The van der Waals surface area contributed by atoms with Crippen molar-refractivity contribution in [2.75, 3.05) is 0 Å². The second-order valence-corrected chi connectivity index (χ2v) is 3.42. The number of ether oxygens (including phenoxy) is 1. The smallest absolute Gasteiger partial charge is 1.00 e. The number of hydrogen-bond donors (Lipinski definition) is 0. The van der Waals surface area contributed by atoms with Crippen molar-refractivity contribution in [2.24, 2.45) is 0 Å². The van der Waals surface area contributed by atoms with Gasteiger partial charge in [-0.1, -0.05) is 42.5 Å². The Morgan fingerprint density at radius 1 is 0.882 bits per heavy atom. The van der Waals surface area contributed by atoms with Crippen LogP contribution in [0.15, 0.2) is 54.6 Å². The summed E-state index contributed by atoms with van der Waals surface area (Å²) in [5, 5.41) is 0. The van der Waals surface area contributed by atoms with Gasteiger partial charge >= 0.3 is 23.1 Å². The predicted molar refractivity (Wildman–Crippen MR) is 67.4 cm³/mol. The van der Waals surface area contributed by atoms with Crippen LogP contribution in [0.5, 0.6) is 5.75 Å². The number of hydrogen-bond acceptors (Lipinski definition) is 1. The Hall–Kier alpha value is -0.644. The zero-order chi connectivity index (χ0) is 10.5. The molecule has 84 valence electrons. The Balaban J connectivity index is 0.00000128. The van der Waals surface area contributed by atoms with E-state index in [9.17, 15) is 0 Å². The molecule has 0 aromatic heterocycles. The molecule has 0 atom stereocenters. The van der Waals surface area contributed by atoms with Gasteiger partial charge in [0.1, 0.15) is 6.61 Å². The molecule has 1 nitrogen and oxygen atoms in total. The summed E-state index contributed by atoms with van der Waals surface area (Å²) in [4.78, 5) is 0. The van der Waals surface area contributed by atoms with Gasteiger partial charge < -0.3 is 21.7 Å². The summed E-state index contributed by atoms with van der Waals surface area (Å²) in [6, 6.07) is 17.9. The molecule has 17 heavy (non-hydrogen) atoms. The van der Waals surface area contributed by atoms with Crippen LogP contribution in [0.25, 0.3) is 0 Å². The molecule has 0 aliphatic rings. The fraction of sp³-hybridized carbons (Fsp3) is 0.0714. The van der Waals surface area contributed by atoms with E-state index in [1.807, 2.05) is 42.5 Å². The summed E-state index contributed by atoms with van der Waals surface area (Å²) < 4.78 is 5.62. The van der Waals surface area contributed by atoms with E-state index >= 15 is 0 Å². The molecular formula is C14H13BrMgO. The first kappa shape index (κ1) is 16.4. The van der Waals surface area contributed by atoms with Crippen LogP contribution in [0.1, 0.15) is 11.1 Å². The fourth-order valence-corrected chi connectivity index (χ4v) is 1.33. The third-order valence-corrected chi connectivity index (χ3v) is 2.17. The minimum atomic E-state index is 0. The summed E-state index contributed by atoms with van der Waals surface area (Å²) in [6.45, 7) is 4.43. The molecule has 0 N–H and O–H groups in total. The summed E-state index contributed by atoms with van der Waals surface area (Å²) in [5.41, 5.74) is 2.18. The molecule has 0 bridgehead atoms. The summed E-state index contributed by atoms with van der Waals surface area (Å²) in [6.07, 6.45) is 0. The largest absolute Gasteiger partial charge is 2.00 e. The SMILES string of the molecule is [Br-].[CH2-]c1ccc(OCc2ccccc2)cc1.[Mg+2]. The van der Waals surface area contributed by atoms with E-state index in [1.165, 1.54) is 5.56 Å². The maximum Gasteiger partial charge on any atom is 2.00 e. The van der Waals surface area contributed by atoms with E-state index in [1.54, 1.807) is 0 Å². The number of halogens is 1. The molecule has 0 aliphatic heterocycles. The van der Waals surface area contributed by atoms with Gasteiger partial charge in [0.05, 0.1) is 5.75 Å². The van der Waals surface area contributed by atoms with Crippen molar-refractivity contribution in [2.45, 2.75) is 6.61 Å². The Kier molecular flexibility index (Phi) is 8.13. The molecule has 0 amide bonds. The van der Waals surface area contributed by atoms with Gasteiger partial charge in [-0.3, -0.25) is 0 Å². The minimum Gasteiger partial charge on any atom is -1.00 e. The molecule has 0 spiro atoms. The van der Waals surface area contributed by atoms with Crippen molar-refractivity contribution in [3.8, 4) is 5.75 Å². The summed E-state index contributed by atoms with van der Waals surface area (Å²) >= 11 is 0. The quantitative estimate of drug-likeness (QED) is 0.576. The Morgan fingerprint density at radius 2 is 1.47 bits per heavy atom. The van der Waals surface area contributed by atoms with Crippen LogP contribution in [-0.2, 0) is 6.61 Å². The van der Waals surface area contributed by atoms with Gasteiger partial charge in [-0.2, -0.15) is 24.6 Å². The molecule has 2 rings (SSSR count). The summed E-state index contributed by atoms with van der Waals surface area (Å²) in [7, 11) is 0. The molecule has 2 aromatic rings. The Bertz CT molecular complexity index is 414. The maximum atomic E-state index is 5.62. The van der Waals surface area contributed by atoms with Gasteiger partial charge in [-0.05, 0) is 5.56 Å². The molecule has 0 saturated carbocycles. The van der Waals surface area contributed by atoms with Crippen LogP contribution in [-0.4, -0.2) is 23.1 Å². The predicted octanol–water partition coefficient (Wildman–Crippen LogP) is 0.0710. The van der Waals surface area contributed by atoms with Crippen molar-refractivity contribution in [3.63, 3.8) is 0 Å². The zero-order valence-corrected chi connectivity index (χ0v) is 12.6. The van der Waals surface area contributed by atoms with Gasteiger partial charge in [-0.15, -0.1) is 0 Å². The standard InChI is InChI=1S/C14H13O.BrH.Mg/c1-12-7-9-14(10-8-12)15-11-13-5-3-2-4-6-13;;/h2-10H,1,11H2;1H;/q-1;;+2/p-1. The number of benzene rings is 2. The van der Waals surface area contributed by atoms with E-state index in [0.29, 0.717) is 6.61 Å². The molecular weight excluding hydrogens is 288 g/mol. The first-order valence-corrected chi connectivity index (χ1v) is 4.93. The van der Waals surface area contributed by atoms with E-state index < -0.39 is 0 Å². The zero-order valence-electron chi connectivity index (χ0n) is 9.60. The molecule has 0 saturated heterocycles. The molecule has 0 fully saturated rings. The van der Waals surface area contributed by atoms with E-state index in [0.717, 1.165) is 11.3 Å². The Morgan fingerprint density at radius 3 is 2.06 bits per heavy atom. The monoisotopic (exact) mass is 300 g/mol. The first-order chi connectivity index (χ1) is 7.34. The second kappa shape index (κ2) is 8.45. The van der Waals surface area contributed by atoms with E-state index in [-0.39, 0.29) is 40.0 Å². The minimum absolute atomic E-state index is 0.